The zero-order valence-electron chi connectivity index (χ0n) is 19.4. The van der Waals surface area contributed by atoms with Crippen molar-refractivity contribution in [1.82, 2.24) is 14.8 Å². The molecule has 0 saturated carbocycles. The number of likely N-dealkylation sites (tertiary alicyclic amines) is 1. The number of amides is 2. The molecule has 1 aromatic heterocycles. The number of hydrogen-bond acceptors (Lipinski definition) is 7. The summed E-state index contributed by atoms with van der Waals surface area (Å²) >= 11 is 0. The molecule has 34 heavy (non-hydrogen) atoms. The molecule has 0 aliphatic carbocycles. The van der Waals surface area contributed by atoms with Crippen LogP contribution in [0.3, 0.4) is 0 Å². The number of likely N-dealkylation sites (N-methyl/N-ethyl adjacent to an activating group) is 1. The molecule has 182 valence electrons. The molecule has 0 bridgehead atoms. The molecule has 2 atom stereocenters. The Morgan fingerprint density at radius 2 is 1.88 bits per heavy atom. The van der Waals surface area contributed by atoms with Crippen LogP contribution in [0.1, 0.15) is 35.2 Å². The number of ether oxygens (including phenoxy) is 1. The molecule has 9 nitrogen and oxygen atoms in total. The molecule has 2 aromatic rings. The molecule has 2 amide bonds. The first kappa shape index (κ1) is 24.0. The number of carbonyl (C=O) groups excluding carboxylic acids is 2. The molecule has 1 saturated heterocycles. The van der Waals surface area contributed by atoms with Gasteiger partial charge in [0.05, 0.1) is 17.8 Å². The second-order valence-corrected chi connectivity index (χ2v) is 9.45. The van der Waals surface area contributed by atoms with E-state index in [9.17, 15) is 19.8 Å². The minimum atomic E-state index is -0.973. The molecule has 3 heterocycles. The first-order chi connectivity index (χ1) is 16.3. The van der Waals surface area contributed by atoms with E-state index in [0.717, 1.165) is 5.56 Å². The van der Waals surface area contributed by atoms with Gasteiger partial charge in [-0.05, 0) is 48.4 Å². The van der Waals surface area contributed by atoms with Gasteiger partial charge in [0.1, 0.15) is 11.6 Å². The Hall–Kier alpha value is -3.17. The number of nitrogens with zero attached hydrogens (tertiary/aromatic N) is 3. The van der Waals surface area contributed by atoms with Crippen LogP contribution in [0.5, 0.6) is 5.75 Å². The maximum Gasteiger partial charge on any atom is 0.260 e. The maximum atomic E-state index is 12.9. The van der Waals surface area contributed by atoms with Crippen molar-refractivity contribution in [3.63, 3.8) is 0 Å². The predicted octanol–water partition coefficient (Wildman–Crippen LogP) is 1.09. The Bertz CT molecular complexity index is 1020. The lowest BCUT2D eigenvalue weighted by molar-refractivity contribution is -0.135. The number of anilines is 1. The number of hydrogen-bond donors (Lipinski definition) is 3. The van der Waals surface area contributed by atoms with Gasteiger partial charge in [-0.3, -0.25) is 9.59 Å². The monoisotopic (exact) mass is 468 g/mol. The number of aliphatic hydroxyl groups excluding tert-OH is 2. The van der Waals surface area contributed by atoms with E-state index in [0.29, 0.717) is 56.0 Å². The van der Waals surface area contributed by atoms with Gasteiger partial charge < -0.3 is 30.5 Å². The molecular weight excluding hydrogens is 436 g/mol. The zero-order chi connectivity index (χ0) is 24.3. The lowest BCUT2D eigenvalue weighted by Gasteiger charge is -2.45. The summed E-state index contributed by atoms with van der Waals surface area (Å²) in [6, 6.07) is 10.5. The van der Waals surface area contributed by atoms with Crippen LogP contribution in [-0.4, -0.2) is 82.3 Å². The number of carbonyl (C=O) groups is 2. The highest BCUT2D eigenvalue weighted by Gasteiger charge is 2.41. The largest absolute Gasteiger partial charge is 0.483 e. The molecule has 9 heteroatoms. The van der Waals surface area contributed by atoms with Crippen LogP contribution in [0, 0.1) is 5.41 Å². The van der Waals surface area contributed by atoms with Crippen LogP contribution < -0.4 is 10.5 Å². The number of aromatic nitrogens is 1. The van der Waals surface area contributed by atoms with E-state index in [1.807, 2.05) is 18.2 Å². The number of rotatable bonds is 1. The summed E-state index contributed by atoms with van der Waals surface area (Å²) in [6.07, 6.45) is 1.29. The van der Waals surface area contributed by atoms with Crippen molar-refractivity contribution in [2.75, 3.05) is 39.0 Å². The lowest BCUT2D eigenvalue weighted by Crippen LogP contribution is -2.51. The van der Waals surface area contributed by atoms with E-state index >= 15 is 0 Å². The van der Waals surface area contributed by atoms with E-state index < -0.39 is 17.6 Å². The predicted molar refractivity (Wildman–Crippen MR) is 126 cm³/mol. The average Bonchev–Trinajstić information content (AvgIpc) is 2.83. The fourth-order valence-corrected chi connectivity index (χ4v) is 4.92. The Labute approximate surface area is 199 Å². The van der Waals surface area contributed by atoms with Gasteiger partial charge in [0.2, 0.25) is 0 Å². The topological polar surface area (TPSA) is 129 Å². The van der Waals surface area contributed by atoms with Crippen LogP contribution in [0.25, 0.3) is 0 Å². The molecule has 4 N–H and O–H groups in total. The summed E-state index contributed by atoms with van der Waals surface area (Å²) in [6.45, 7) is 1.27. The Balaban J connectivity index is 1.51. The minimum Gasteiger partial charge on any atom is -0.483 e. The van der Waals surface area contributed by atoms with Crippen molar-refractivity contribution in [3.8, 4) is 5.75 Å². The standard InChI is InChI=1S/C25H32N4O5/c1-28-16-25(8-10-29(11-9-25)24(33)18-6-7-22(26)27-14-18)13-20(31)19(30)12-17-4-2-3-5-21(17)34-15-23(28)32/h2-7,14,19-20,30-31H,8-13,15-16H2,1H3,(H2,26,27)/t19-,20+/m0/s1. The number of pyridine rings is 1. The van der Waals surface area contributed by atoms with E-state index in [2.05, 4.69) is 4.98 Å². The number of piperidine rings is 1. The van der Waals surface area contributed by atoms with E-state index in [1.54, 1.807) is 35.0 Å². The number of nitrogens with two attached hydrogens (primary N) is 1. The van der Waals surface area contributed by atoms with Crippen molar-refractivity contribution in [1.29, 1.82) is 0 Å². The summed E-state index contributed by atoms with van der Waals surface area (Å²) < 4.78 is 5.76. The summed E-state index contributed by atoms with van der Waals surface area (Å²) in [5, 5.41) is 21.7. The van der Waals surface area contributed by atoms with E-state index in [-0.39, 0.29) is 24.8 Å². The highest BCUT2D eigenvalue weighted by Crippen LogP contribution is 2.38. The zero-order valence-corrected chi connectivity index (χ0v) is 19.4. The first-order valence-corrected chi connectivity index (χ1v) is 11.6. The molecule has 0 radical (unpaired) electrons. The van der Waals surface area contributed by atoms with Crippen LogP contribution in [0.2, 0.25) is 0 Å². The molecule has 1 spiro atoms. The first-order valence-electron chi connectivity index (χ1n) is 11.6. The highest BCUT2D eigenvalue weighted by atomic mass is 16.5. The Morgan fingerprint density at radius 3 is 2.59 bits per heavy atom. The number of para-hydroxylation sites is 1. The Morgan fingerprint density at radius 1 is 1.15 bits per heavy atom. The number of aliphatic hydroxyl groups is 2. The second kappa shape index (κ2) is 9.99. The molecule has 0 unspecified atom stereocenters. The molecule has 1 fully saturated rings. The van der Waals surface area contributed by atoms with Gasteiger partial charge in [0.15, 0.2) is 6.61 Å². The van der Waals surface area contributed by atoms with Crippen molar-refractivity contribution < 1.29 is 24.5 Å². The normalized spacial score (nSPS) is 23.4. The van der Waals surface area contributed by atoms with Crippen LogP contribution >= 0.6 is 0 Å². The summed E-state index contributed by atoms with van der Waals surface area (Å²) in [5.74, 6) is 0.616. The SMILES string of the molecule is CN1CC2(CCN(C(=O)c3ccc(N)nc3)CC2)C[C@@H](O)[C@@H](O)Cc2ccccc2OCC1=O. The van der Waals surface area contributed by atoms with Gasteiger partial charge in [-0.25, -0.2) is 4.98 Å². The third-order valence-electron chi connectivity index (χ3n) is 6.98. The van der Waals surface area contributed by atoms with E-state index in [1.165, 1.54) is 6.20 Å². The summed E-state index contributed by atoms with van der Waals surface area (Å²) in [5.41, 5.74) is 6.42. The fourth-order valence-electron chi connectivity index (χ4n) is 4.92. The summed E-state index contributed by atoms with van der Waals surface area (Å²) in [4.78, 5) is 33.1. The van der Waals surface area contributed by atoms with Gasteiger partial charge in [-0.1, -0.05) is 18.2 Å². The van der Waals surface area contributed by atoms with Crippen molar-refractivity contribution >= 4 is 17.6 Å². The maximum absolute atomic E-state index is 12.9. The second-order valence-electron chi connectivity index (χ2n) is 9.45. The molecule has 4 rings (SSSR count). The quantitative estimate of drug-likeness (QED) is 0.571. The Kier molecular flexibility index (Phi) is 7.04. The number of nitrogen functional groups attached to an aromatic ring is 1. The molecule has 2 aliphatic rings. The number of fused-ring (bicyclic) bond motifs is 1. The number of benzene rings is 1. The van der Waals surface area contributed by atoms with Gasteiger partial charge in [0.25, 0.3) is 11.8 Å². The highest BCUT2D eigenvalue weighted by molar-refractivity contribution is 5.94. The average molecular weight is 469 g/mol. The molecular formula is C25H32N4O5. The molecule has 1 aromatic carbocycles. The van der Waals surface area contributed by atoms with Crippen LogP contribution in [-0.2, 0) is 11.2 Å². The third kappa shape index (κ3) is 5.31. The van der Waals surface area contributed by atoms with Gasteiger partial charge in [0, 0.05) is 39.3 Å². The molecule has 2 aliphatic heterocycles. The van der Waals surface area contributed by atoms with Crippen molar-refractivity contribution in [2.24, 2.45) is 5.41 Å². The summed E-state index contributed by atoms with van der Waals surface area (Å²) in [7, 11) is 1.73. The van der Waals surface area contributed by atoms with Gasteiger partial charge in [-0.2, -0.15) is 0 Å². The fraction of sp³-hybridized carbons (Fsp3) is 0.480. The smallest absolute Gasteiger partial charge is 0.260 e. The van der Waals surface area contributed by atoms with Gasteiger partial charge >= 0.3 is 0 Å². The minimum absolute atomic E-state index is 0.100. The third-order valence-corrected chi connectivity index (χ3v) is 6.98. The van der Waals surface area contributed by atoms with Crippen LogP contribution in [0.4, 0.5) is 5.82 Å². The van der Waals surface area contributed by atoms with Crippen LogP contribution in [0.15, 0.2) is 42.6 Å². The van der Waals surface area contributed by atoms with Gasteiger partial charge in [-0.15, -0.1) is 0 Å². The van der Waals surface area contributed by atoms with E-state index in [4.69, 9.17) is 10.5 Å². The van der Waals surface area contributed by atoms with Crippen molar-refractivity contribution in [2.45, 2.75) is 37.9 Å². The van der Waals surface area contributed by atoms with Crippen molar-refractivity contribution in [3.05, 3.63) is 53.7 Å². The lowest BCUT2D eigenvalue weighted by atomic mass is 9.72.